The van der Waals surface area contributed by atoms with Gasteiger partial charge in [-0.05, 0) is 29.1 Å². The van der Waals surface area contributed by atoms with Crippen LogP contribution in [0.2, 0.25) is 0 Å². The first-order chi connectivity index (χ1) is 10.9. The van der Waals surface area contributed by atoms with Gasteiger partial charge >= 0.3 is 0 Å². The van der Waals surface area contributed by atoms with Crippen molar-refractivity contribution in [1.29, 1.82) is 0 Å². The third-order valence-corrected chi connectivity index (χ3v) is 4.89. The molecule has 1 aliphatic rings. The van der Waals surface area contributed by atoms with E-state index in [1.807, 2.05) is 12.4 Å². The molecule has 0 bridgehead atoms. The Morgan fingerprint density at radius 3 is 2.64 bits per heavy atom. The highest BCUT2D eigenvalue weighted by Crippen LogP contribution is 2.27. The summed E-state index contributed by atoms with van der Waals surface area (Å²) in [6.45, 7) is 5.12. The van der Waals surface area contributed by atoms with Crippen molar-refractivity contribution in [3.05, 3.63) is 47.9 Å². The second-order valence-corrected chi connectivity index (χ2v) is 6.35. The summed E-state index contributed by atoms with van der Waals surface area (Å²) in [6, 6.07) is 6.30. The largest absolute Gasteiger partial charge is 0.353 e. The first-order valence-corrected chi connectivity index (χ1v) is 8.32. The molecule has 4 rings (SSSR count). The maximum Gasteiger partial charge on any atom is 0.140 e. The van der Waals surface area contributed by atoms with Gasteiger partial charge < -0.3 is 4.90 Å². The van der Waals surface area contributed by atoms with Gasteiger partial charge in [-0.15, -0.1) is 11.3 Å². The number of nitrogens with zero attached hydrogens (tertiary/aromatic N) is 5. The molecule has 0 spiro atoms. The molecule has 0 unspecified atom stereocenters. The Bertz CT molecular complexity index is 749. The number of hydrogen-bond donors (Lipinski definition) is 0. The van der Waals surface area contributed by atoms with Crippen LogP contribution in [0, 0.1) is 0 Å². The Morgan fingerprint density at radius 1 is 1.00 bits per heavy atom. The van der Waals surface area contributed by atoms with E-state index in [9.17, 15) is 0 Å². The van der Waals surface area contributed by atoms with Crippen molar-refractivity contribution in [1.82, 2.24) is 19.9 Å². The molecule has 22 heavy (non-hydrogen) atoms. The molecule has 0 N–H and O–H groups in total. The van der Waals surface area contributed by atoms with Crippen LogP contribution < -0.4 is 4.90 Å². The first kappa shape index (κ1) is 13.6. The SMILES string of the molecule is c1cc(CN2CCN(c3ncnc4sccc34)CC2)ccn1. The molecule has 1 fully saturated rings. The zero-order chi connectivity index (χ0) is 14.8. The lowest BCUT2D eigenvalue weighted by molar-refractivity contribution is 0.249. The summed E-state index contributed by atoms with van der Waals surface area (Å²) < 4.78 is 0. The first-order valence-electron chi connectivity index (χ1n) is 7.44. The van der Waals surface area contributed by atoms with E-state index in [1.165, 1.54) is 10.9 Å². The Hall–Kier alpha value is -2.05. The Morgan fingerprint density at radius 2 is 1.82 bits per heavy atom. The topological polar surface area (TPSA) is 45.2 Å². The number of thiophene rings is 1. The molecule has 5 nitrogen and oxygen atoms in total. The summed E-state index contributed by atoms with van der Waals surface area (Å²) in [6.07, 6.45) is 5.40. The number of pyridine rings is 1. The molecule has 3 aromatic rings. The molecule has 0 atom stereocenters. The predicted octanol–water partition coefficient (Wildman–Crippen LogP) is 2.41. The van der Waals surface area contributed by atoms with Crippen molar-refractivity contribution < 1.29 is 0 Å². The van der Waals surface area contributed by atoms with Crippen molar-refractivity contribution in [2.45, 2.75) is 6.54 Å². The minimum atomic E-state index is 0.994. The van der Waals surface area contributed by atoms with Crippen LogP contribution in [0.1, 0.15) is 5.56 Å². The summed E-state index contributed by atoms with van der Waals surface area (Å²) >= 11 is 1.67. The van der Waals surface area contributed by atoms with E-state index in [2.05, 4.69) is 48.3 Å². The average molecular weight is 311 g/mol. The van der Waals surface area contributed by atoms with Crippen LogP contribution in [0.4, 0.5) is 5.82 Å². The third-order valence-electron chi connectivity index (χ3n) is 4.07. The van der Waals surface area contributed by atoms with Crippen molar-refractivity contribution in [3.8, 4) is 0 Å². The Balaban J connectivity index is 1.45. The summed E-state index contributed by atoms with van der Waals surface area (Å²) in [7, 11) is 0. The normalized spacial score (nSPS) is 16.3. The molecule has 4 heterocycles. The average Bonchev–Trinajstić information content (AvgIpc) is 3.05. The number of fused-ring (bicyclic) bond motifs is 1. The van der Waals surface area contributed by atoms with E-state index in [1.54, 1.807) is 17.7 Å². The van der Waals surface area contributed by atoms with Gasteiger partial charge in [-0.2, -0.15) is 0 Å². The Labute approximate surface area is 133 Å². The maximum absolute atomic E-state index is 4.51. The molecule has 0 aliphatic carbocycles. The molecule has 1 aliphatic heterocycles. The number of rotatable bonds is 3. The summed E-state index contributed by atoms with van der Waals surface area (Å²) in [5.41, 5.74) is 1.32. The van der Waals surface area contributed by atoms with Gasteiger partial charge in [0.1, 0.15) is 17.0 Å². The standard InChI is InChI=1S/C16H17N5S/c1-4-17-5-2-13(1)11-20-6-8-21(9-7-20)15-14-3-10-22-16(14)19-12-18-15/h1-5,10,12H,6-9,11H2. The number of hydrogen-bond acceptors (Lipinski definition) is 6. The van der Waals surface area contributed by atoms with E-state index in [-0.39, 0.29) is 0 Å². The van der Waals surface area contributed by atoms with Crippen LogP contribution in [0.5, 0.6) is 0 Å². The zero-order valence-electron chi connectivity index (χ0n) is 12.2. The number of aromatic nitrogens is 3. The van der Waals surface area contributed by atoms with Gasteiger partial charge in [-0.3, -0.25) is 9.88 Å². The summed E-state index contributed by atoms with van der Waals surface area (Å²) in [5, 5.41) is 3.26. The van der Waals surface area contributed by atoms with Crippen LogP contribution >= 0.6 is 11.3 Å². The lowest BCUT2D eigenvalue weighted by Gasteiger charge is -2.35. The highest BCUT2D eigenvalue weighted by Gasteiger charge is 2.20. The fraction of sp³-hybridized carbons (Fsp3) is 0.312. The molecule has 112 valence electrons. The molecule has 0 saturated carbocycles. The van der Waals surface area contributed by atoms with Crippen molar-refractivity contribution in [2.24, 2.45) is 0 Å². The molecule has 0 radical (unpaired) electrons. The van der Waals surface area contributed by atoms with Crippen LogP contribution in [0.3, 0.4) is 0 Å². The molecule has 1 saturated heterocycles. The second kappa shape index (κ2) is 5.98. The van der Waals surface area contributed by atoms with E-state index in [0.29, 0.717) is 0 Å². The molecule has 6 heteroatoms. The van der Waals surface area contributed by atoms with Crippen LogP contribution in [-0.4, -0.2) is 46.0 Å². The zero-order valence-corrected chi connectivity index (χ0v) is 13.0. The van der Waals surface area contributed by atoms with Crippen molar-refractivity contribution >= 4 is 27.4 Å². The van der Waals surface area contributed by atoms with Crippen LogP contribution in [0.25, 0.3) is 10.2 Å². The van der Waals surface area contributed by atoms with E-state index < -0.39 is 0 Å². The smallest absolute Gasteiger partial charge is 0.140 e. The predicted molar refractivity (Wildman–Crippen MR) is 89.1 cm³/mol. The van der Waals surface area contributed by atoms with Gasteiger partial charge in [0.2, 0.25) is 0 Å². The third kappa shape index (κ3) is 2.67. The Kier molecular flexibility index (Phi) is 3.70. The van der Waals surface area contributed by atoms with Gasteiger partial charge in [0.05, 0.1) is 5.39 Å². The van der Waals surface area contributed by atoms with Gasteiger partial charge in [0.15, 0.2) is 0 Å². The molecule has 0 amide bonds. The fourth-order valence-corrected chi connectivity index (χ4v) is 3.62. The lowest BCUT2D eigenvalue weighted by Crippen LogP contribution is -2.46. The second-order valence-electron chi connectivity index (χ2n) is 5.46. The van der Waals surface area contributed by atoms with Gasteiger partial charge in [-0.1, -0.05) is 0 Å². The van der Waals surface area contributed by atoms with Gasteiger partial charge in [0, 0.05) is 45.1 Å². The van der Waals surface area contributed by atoms with Crippen LogP contribution in [0.15, 0.2) is 42.3 Å². The molecular weight excluding hydrogens is 294 g/mol. The van der Waals surface area contributed by atoms with E-state index in [0.717, 1.165) is 43.4 Å². The van der Waals surface area contributed by atoms with Crippen molar-refractivity contribution in [2.75, 3.05) is 31.1 Å². The number of anilines is 1. The monoisotopic (exact) mass is 311 g/mol. The van der Waals surface area contributed by atoms with E-state index >= 15 is 0 Å². The molecule has 3 aromatic heterocycles. The van der Waals surface area contributed by atoms with E-state index in [4.69, 9.17) is 0 Å². The lowest BCUT2D eigenvalue weighted by atomic mass is 10.2. The summed E-state index contributed by atoms with van der Waals surface area (Å²) in [5.74, 6) is 1.08. The van der Waals surface area contributed by atoms with Crippen LogP contribution in [-0.2, 0) is 6.54 Å². The van der Waals surface area contributed by atoms with Gasteiger partial charge in [-0.25, -0.2) is 9.97 Å². The summed E-state index contributed by atoms with van der Waals surface area (Å²) in [4.78, 5) is 18.8. The molecule has 0 aromatic carbocycles. The minimum absolute atomic E-state index is 0.994. The van der Waals surface area contributed by atoms with Gasteiger partial charge in [0.25, 0.3) is 0 Å². The number of piperazine rings is 1. The minimum Gasteiger partial charge on any atom is -0.353 e. The van der Waals surface area contributed by atoms with Crippen molar-refractivity contribution in [3.63, 3.8) is 0 Å². The highest BCUT2D eigenvalue weighted by molar-refractivity contribution is 7.16. The quantitative estimate of drug-likeness (QED) is 0.743. The fourth-order valence-electron chi connectivity index (χ4n) is 2.89. The molecular formula is C16H17N5S. The maximum atomic E-state index is 4.51. The highest BCUT2D eigenvalue weighted by atomic mass is 32.1.